The van der Waals surface area contributed by atoms with Gasteiger partial charge in [-0.2, -0.15) is 0 Å². The molecule has 3 heteroatoms. The molecule has 3 aromatic rings. The van der Waals surface area contributed by atoms with E-state index in [4.69, 9.17) is 0 Å². The second-order valence-corrected chi connectivity index (χ2v) is 6.71. The number of thiophene rings is 1. The lowest BCUT2D eigenvalue weighted by molar-refractivity contribution is 0.0993. The fourth-order valence-electron chi connectivity index (χ4n) is 2.09. The van der Waals surface area contributed by atoms with Crippen LogP contribution in [0.3, 0.4) is 0 Å². The quantitative estimate of drug-likeness (QED) is 0.611. The first-order valence-electron chi connectivity index (χ1n) is 5.97. The summed E-state index contributed by atoms with van der Waals surface area (Å²) in [4.78, 5) is 12.1. The van der Waals surface area contributed by atoms with E-state index in [1.807, 2.05) is 29.6 Å². The highest BCUT2D eigenvalue weighted by molar-refractivity contribution is 9.11. The molecule has 0 radical (unpaired) electrons. The number of Topliss-reactive ketones (excluding diaryl/α,β-unsaturated/α-hetero) is 1. The lowest BCUT2D eigenvalue weighted by atomic mass is 10.0. The minimum absolute atomic E-state index is 0.164. The van der Waals surface area contributed by atoms with E-state index in [0.717, 1.165) is 14.9 Å². The van der Waals surface area contributed by atoms with Gasteiger partial charge in [0.15, 0.2) is 5.78 Å². The van der Waals surface area contributed by atoms with Crippen LogP contribution in [0, 0.1) is 0 Å². The summed E-state index contributed by atoms with van der Waals surface area (Å²) in [6.07, 6.45) is 0.452. The van der Waals surface area contributed by atoms with Gasteiger partial charge in [-0.05, 0) is 38.3 Å². The van der Waals surface area contributed by atoms with Gasteiger partial charge < -0.3 is 0 Å². The average Bonchev–Trinajstić information content (AvgIpc) is 2.85. The number of ketones is 1. The van der Waals surface area contributed by atoms with Crippen LogP contribution in [0.15, 0.2) is 57.7 Å². The van der Waals surface area contributed by atoms with Crippen LogP contribution in [0.25, 0.3) is 10.8 Å². The van der Waals surface area contributed by atoms with E-state index < -0.39 is 0 Å². The van der Waals surface area contributed by atoms with Crippen molar-refractivity contribution in [3.63, 3.8) is 0 Å². The van der Waals surface area contributed by atoms with Crippen LogP contribution in [0.5, 0.6) is 0 Å². The molecule has 0 bridgehead atoms. The summed E-state index contributed by atoms with van der Waals surface area (Å²) in [6, 6.07) is 16.3. The third-order valence-corrected chi connectivity index (χ3v) is 4.57. The molecule has 1 heterocycles. The third kappa shape index (κ3) is 2.77. The molecule has 0 aliphatic carbocycles. The topological polar surface area (TPSA) is 17.1 Å². The Hall–Kier alpha value is -1.45. The Labute approximate surface area is 124 Å². The fourth-order valence-corrected chi connectivity index (χ4v) is 3.25. The Bertz CT molecular complexity index is 745. The Balaban J connectivity index is 1.87. The number of hydrogen-bond donors (Lipinski definition) is 0. The van der Waals surface area contributed by atoms with E-state index in [9.17, 15) is 4.79 Å². The van der Waals surface area contributed by atoms with Crippen molar-refractivity contribution in [1.29, 1.82) is 0 Å². The van der Waals surface area contributed by atoms with E-state index in [0.29, 0.717) is 6.42 Å². The summed E-state index contributed by atoms with van der Waals surface area (Å²) in [5.41, 5.74) is 1.84. The van der Waals surface area contributed by atoms with Gasteiger partial charge in [-0.25, -0.2) is 0 Å². The van der Waals surface area contributed by atoms with E-state index in [1.165, 1.54) is 10.8 Å². The number of fused-ring (bicyclic) bond motifs is 1. The molecule has 2 aromatic carbocycles. The number of halogens is 1. The molecular formula is C16H11BrOS. The van der Waals surface area contributed by atoms with Crippen molar-refractivity contribution in [1.82, 2.24) is 0 Å². The molecule has 0 aliphatic heterocycles. The van der Waals surface area contributed by atoms with Gasteiger partial charge in [-0.1, -0.05) is 42.5 Å². The Morgan fingerprint density at radius 3 is 2.58 bits per heavy atom. The Morgan fingerprint density at radius 1 is 1.05 bits per heavy atom. The van der Waals surface area contributed by atoms with E-state index in [2.05, 4.69) is 40.2 Å². The van der Waals surface area contributed by atoms with Crippen molar-refractivity contribution in [3.05, 3.63) is 68.8 Å². The normalized spacial score (nSPS) is 10.8. The number of hydrogen-bond acceptors (Lipinski definition) is 2. The highest BCUT2D eigenvalue weighted by Crippen LogP contribution is 2.22. The Kier molecular flexibility index (Phi) is 3.49. The van der Waals surface area contributed by atoms with Crippen molar-refractivity contribution in [3.8, 4) is 0 Å². The van der Waals surface area contributed by atoms with Crippen LogP contribution < -0.4 is 0 Å². The standard InChI is InChI=1S/C16H11BrOS/c17-16-9-14(10-19-16)15(18)8-11-5-6-12-3-1-2-4-13(12)7-11/h1-7,9-10H,8H2. The first kappa shape index (κ1) is 12.6. The maximum absolute atomic E-state index is 12.1. The van der Waals surface area contributed by atoms with Crippen LogP contribution in [-0.2, 0) is 6.42 Å². The van der Waals surface area contributed by atoms with Gasteiger partial charge in [0.1, 0.15) is 0 Å². The maximum Gasteiger partial charge on any atom is 0.168 e. The maximum atomic E-state index is 12.1. The Morgan fingerprint density at radius 2 is 1.84 bits per heavy atom. The smallest absolute Gasteiger partial charge is 0.168 e. The molecule has 0 fully saturated rings. The number of benzene rings is 2. The molecule has 0 spiro atoms. The number of rotatable bonds is 3. The zero-order valence-electron chi connectivity index (χ0n) is 10.1. The molecule has 0 N–H and O–H groups in total. The van der Waals surface area contributed by atoms with Gasteiger partial charge in [0, 0.05) is 17.4 Å². The summed E-state index contributed by atoms with van der Waals surface area (Å²) in [6.45, 7) is 0. The van der Waals surface area contributed by atoms with Crippen molar-refractivity contribution in [2.24, 2.45) is 0 Å². The van der Waals surface area contributed by atoms with Crippen LogP contribution >= 0.6 is 27.3 Å². The van der Waals surface area contributed by atoms with Crippen molar-refractivity contribution in [2.45, 2.75) is 6.42 Å². The zero-order chi connectivity index (χ0) is 13.2. The molecule has 1 aromatic heterocycles. The molecule has 94 valence electrons. The molecule has 1 nitrogen and oxygen atoms in total. The predicted molar refractivity (Wildman–Crippen MR) is 84.0 cm³/mol. The zero-order valence-corrected chi connectivity index (χ0v) is 12.5. The van der Waals surface area contributed by atoms with E-state index in [1.54, 1.807) is 11.3 Å². The molecule has 19 heavy (non-hydrogen) atoms. The van der Waals surface area contributed by atoms with E-state index in [-0.39, 0.29) is 5.78 Å². The van der Waals surface area contributed by atoms with E-state index >= 15 is 0 Å². The molecule has 0 aliphatic rings. The minimum atomic E-state index is 0.164. The lowest BCUT2D eigenvalue weighted by Crippen LogP contribution is -2.01. The summed E-state index contributed by atoms with van der Waals surface area (Å²) in [7, 11) is 0. The summed E-state index contributed by atoms with van der Waals surface area (Å²) in [5.74, 6) is 0.164. The number of carbonyl (C=O) groups excluding carboxylic acids is 1. The van der Waals surface area contributed by atoms with Crippen LogP contribution in [0.2, 0.25) is 0 Å². The molecule has 0 amide bonds. The summed E-state index contributed by atoms with van der Waals surface area (Å²) >= 11 is 4.93. The first-order valence-corrected chi connectivity index (χ1v) is 7.64. The van der Waals surface area contributed by atoms with Gasteiger partial charge in [-0.15, -0.1) is 11.3 Å². The SMILES string of the molecule is O=C(Cc1ccc2ccccc2c1)c1csc(Br)c1. The molecule has 0 atom stereocenters. The van der Waals surface area contributed by atoms with Crippen molar-refractivity contribution in [2.75, 3.05) is 0 Å². The van der Waals surface area contributed by atoms with Gasteiger partial charge in [0.05, 0.1) is 3.79 Å². The highest BCUT2D eigenvalue weighted by atomic mass is 79.9. The van der Waals surface area contributed by atoms with Crippen LogP contribution in [0.1, 0.15) is 15.9 Å². The third-order valence-electron chi connectivity index (χ3n) is 3.07. The number of carbonyl (C=O) groups is 1. The van der Waals surface area contributed by atoms with Gasteiger partial charge >= 0.3 is 0 Å². The van der Waals surface area contributed by atoms with Crippen LogP contribution in [-0.4, -0.2) is 5.78 Å². The van der Waals surface area contributed by atoms with Gasteiger partial charge in [0.25, 0.3) is 0 Å². The monoisotopic (exact) mass is 330 g/mol. The molecule has 0 saturated heterocycles. The van der Waals surface area contributed by atoms with Gasteiger partial charge in [0.2, 0.25) is 0 Å². The second kappa shape index (κ2) is 5.27. The summed E-state index contributed by atoms with van der Waals surface area (Å²) in [5, 5.41) is 4.28. The van der Waals surface area contributed by atoms with Gasteiger partial charge in [-0.3, -0.25) is 4.79 Å². The largest absolute Gasteiger partial charge is 0.294 e. The molecule has 3 rings (SSSR count). The fraction of sp³-hybridized carbons (Fsp3) is 0.0625. The van der Waals surface area contributed by atoms with Crippen LogP contribution in [0.4, 0.5) is 0 Å². The molecule has 0 unspecified atom stereocenters. The molecule has 0 saturated carbocycles. The molecular weight excluding hydrogens is 320 g/mol. The average molecular weight is 331 g/mol. The minimum Gasteiger partial charge on any atom is -0.294 e. The second-order valence-electron chi connectivity index (χ2n) is 4.42. The highest BCUT2D eigenvalue weighted by Gasteiger charge is 2.09. The van der Waals surface area contributed by atoms with Crippen molar-refractivity contribution < 1.29 is 4.79 Å². The summed E-state index contributed by atoms with van der Waals surface area (Å²) < 4.78 is 0.995. The predicted octanol–water partition coefficient (Wildman–Crippen LogP) is 5.09. The van der Waals surface area contributed by atoms with Crippen molar-refractivity contribution >= 4 is 43.8 Å². The lowest BCUT2D eigenvalue weighted by Gasteiger charge is -2.02. The first-order chi connectivity index (χ1) is 9.22.